The number of rotatable bonds is 2. The summed E-state index contributed by atoms with van der Waals surface area (Å²) in [5.41, 5.74) is -1.97. The van der Waals surface area contributed by atoms with E-state index in [4.69, 9.17) is 11.2 Å². The van der Waals surface area contributed by atoms with E-state index in [1.54, 1.807) is 0 Å². The van der Waals surface area contributed by atoms with E-state index in [2.05, 4.69) is 11.2 Å². The highest BCUT2D eigenvalue weighted by atomic mass is 127. The van der Waals surface area contributed by atoms with E-state index >= 15 is 0 Å². The summed E-state index contributed by atoms with van der Waals surface area (Å²) in [4.78, 5) is 12.2. The predicted octanol–water partition coefficient (Wildman–Crippen LogP) is -1.91. The van der Waals surface area contributed by atoms with Crippen LogP contribution < -0.4 is 5.32 Å². The fourth-order valence-corrected chi connectivity index (χ4v) is 2.73. The summed E-state index contributed by atoms with van der Waals surface area (Å²) in [6.45, 7) is 0. The zero-order valence-electron chi connectivity index (χ0n) is 9.73. The Morgan fingerprint density at radius 1 is 1.63 bits per heavy atom. The van der Waals surface area contributed by atoms with Gasteiger partial charge >= 0.3 is 0 Å². The molecule has 2 aliphatic rings. The number of alkyl halides is 1. The van der Waals surface area contributed by atoms with Crippen LogP contribution in [0.5, 0.6) is 0 Å². The lowest BCUT2D eigenvalue weighted by atomic mass is 9.95. The highest BCUT2D eigenvalue weighted by Crippen LogP contribution is 2.34. The van der Waals surface area contributed by atoms with Gasteiger partial charge in [-0.2, -0.15) is 0 Å². The number of hydrogen-bond acceptors (Lipinski definition) is 6. The van der Waals surface area contributed by atoms with Crippen LogP contribution in [0, 0.1) is 12.3 Å². The van der Waals surface area contributed by atoms with E-state index in [-0.39, 0.29) is 0 Å². The molecular formula is C11H13IN2O5. The van der Waals surface area contributed by atoms with Crippen LogP contribution in [0.1, 0.15) is 0 Å². The third kappa shape index (κ3) is 2.32. The molecule has 0 aromatic heterocycles. The third-order valence-electron chi connectivity index (χ3n) is 3.09. The maximum atomic E-state index is 11.1. The van der Waals surface area contributed by atoms with Crippen molar-refractivity contribution >= 4 is 28.5 Å². The second-order valence-corrected chi connectivity index (χ2v) is 5.12. The van der Waals surface area contributed by atoms with Crippen LogP contribution in [0.25, 0.3) is 0 Å². The van der Waals surface area contributed by atoms with Gasteiger partial charge in [-0.25, -0.2) is 0 Å². The average Bonchev–Trinajstić information content (AvgIpc) is 2.63. The number of amides is 1. The molecule has 19 heavy (non-hydrogen) atoms. The summed E-state index contributed by atoms with van der Waals surface area (Å²) in [5.74, 6) is 1.64. The number of ether oxygens (including phenoxy) is 1. The minimum absolute atomic E-state index is 0.416. The minimum Gasteiger partial charge on any atom is -0.386 e. The normalized spacial score (nSPS) is 42.1. The Balaban J connectivity index is 2.31. The second-order valence-electron chi connectivity index (χ2n) is 4.24. The molecule has 1 fully saturated rings. The van der Waals surface area contributed by atoms with Gasteiger partial charge in [-0.3, -0.25) is 4.79 Å². The van der Waals surface area contributed by atoms with Crippen molar-refractivity contribution in [3.05, 3.63) is 12.3 Å². The van der Waals surface area contributed by atoms with Crippen molar-refractivity contribution in [3.8, 4) is 12.3 Å². The molecule has 104 valence electrons. The molecule has 0 bridgehead atoms. The lowest BCUT2D eigenvalue weighted by Crippen LogP contribution is -2.60. The zero-order chi connectivity index (χ0) is 14.2. The number of nitrogens with one attached hydrogen (secondary N) is 1. The van der Waals surface area contributed by atoms with Gasteiger partial charge in [0.1, 0.15) is 6.10 Å². The molecule has 7 nitrogen and oxygen atoms in total. The SMILES string of the molecule is C#C[C@@]1(O)[C@H](O)C(CI)O[C@H]1N1C=CC(=O)NC1O. The summed E-state index contributed by atoms with van der Waals surface area (Å²) in [6.07, 6.45) is 3.23. The summed E-state index contributed by atoms with van der Waals surface area (Å²) in [6, 6.07) is 0. The predicted molar refractivity (Wildman–Crippen MR) is 72.5 cm³/mol. The van der Waals surface area contributed by atoms with E-state index in [0.29, 0.717) is 4.43 Å². The number of carbonyl (C=O) groups excluding carboxylic acids is 1. The van der Waals surface area contributed by atoms with Crippen LogP contribution in [-0.4, -0.2) is 60.9 Å². The lowest BCUT2D eigenvalue weighted by Gasteiger charge is -2.38. The first-order chi connectivity index (χ1) is 8.93. The second kappa shape index (κ2) is 5.26. The Labute approximate surface area is 123 Å². The van der Waals surface area contributed by atoms with Crippen molar-refractivity contribution in [2.75, 3.05) is 4.43 Å². The van der Waals surface area contributed by atoms with Crippen molar-refractivity contribution in [2.45, 2.75) is 30.4 Å². The molecule has 8 heteroatoms. The van der Waals surface area contributed by atoms with Gasteiger partial charge in [0.25, 0.3) is 0 Å². The number of carbonyl (C=O) groups is 1. The number of nitrogens with zero attached hydrogens (tertiary/aromatic N) is 1. The van der Waals surface area contributed by atoms with Crippen molar-refractivity contribution in [2.24, 2.45) is 0 Å². The molecule has 1 saturated heterocycles. The summed E-state index contributed by atoms with van der Waals surface area (Å²) in [5, 5.41) is 32.4. The molecule has 2 aliphatic heterocycles. The molecule has 0 aromatic carbocycles. The van der Waals surface area contributed by atoms with Crippen LogP contribution >= 0.6 is 22.6 Å². The molecular weight excluding hydrogens is 367 g/mol. The summed E-state index contributed by atoms with van der Waals surface area (Å²) < 4.78 is 5.90. The van der Waals surface area contributed by atoms with Crippen molar-refractivity contribution in [1.82, 2.24) is 10.2 Å². The Bertz CT molecular complexity index is 451. The minimum atomic E-state index is -1.97. The van der Waals surface area contributed by atoms with Crippen LogP contribution in [-0.2, 0) is 9.53 Å². The summed E-state index contributed by atoms with van der Waals surface area (Å²) in [7, 11) is 0. The fourth-order valence-electron chi connectivity index (χ4n) is 2.04. The molecule has 5 atom stereocenters. The van der Waals surface area contributed by atoms with Gasteiger partial charge in [0, 0.05) is 16.7 Å². The molecule has 0 aromatic rings. The van der Waals surface area contributed by atoms with E-state index in [9.17, 15) is 20.1 Å². The number of aliphatic hydroxyl groups excluding tert-OH is 2. The standard InChI is InChI=1S/C11H13IN2O5/c1-2-11(18)8(16)6(5-12)19-9(11)14-4-3-7(15)13-10(14)17/h1,3-4,6,8-10,16-18H,5H2,(H,13,15)/t6?,8-,9-,10?,11-/m1/s1. The van der Waals surface area contributed by atoms with Crippen LogP contribution in [0.15, 0.2) is 12.3 Å². The highest BCUT2D eigenvalue weighted by molar-refractivity contribution is 14.1. The number of terminal acetylenes is 1. The Hall–Kier alpha value is -0.860. The highest BCUT2D eigenvalue weighted by Gasteiger charge is 2.57. The molecule has 0 aliphatic carbocycles. The molecule has 4 N–H and O–H groups in total. The van der Waals surface area contributed by atoms with Gasteiger partial charge in [-0.05, 0) is 0 Å². The Morgan fingerprint density at radius 2 is 2.32 bits per heavy atom. The monoisotopic (exact) mass is 380 g/mol. The van der Waals surface area contributed by atoms with Gasteiger partial charge in [0.05, 0.1) is 6.10 Å². The van der Waals surface area contributed by atoms with Crippen molar-refractivity contribution in [3.63, 3.8) is 0 Å². The molecule has 2 heterocycles. The summed E-state index contributed by atoms with van der Waals surface area (Å²) >= 11 is 1.99. The van der Waals surface area contributed by atoms with Gasteiger partial charge in [-0.15, -0.1) is 6.42 Å². The molecule has 0 saturated carbocycles. The first-order valence-corrected chi connectivity index (χ1v) is 7.00. The van der Waals surface area contributed by atoms with Crippen LogP contribution in [0.2, 0.25) is 0 Å². The van der Waals surface area contributed by atoms with E-state index in [1.165, 1.54) is 6.20 Å². The fraction of sp³-hybridized carbons (Fsp3) is 0.545. The Morgan fingerprint density at radius 3 is 2.84 bits per heavy atom. The largest absolute Gasteiger partial charge is 0.386 e. The van der Waals surface area contributed by atoms with E-state index < -0.39 is 36.3 Å². The molecule has 0 radical (unpaired) electrons. The topological polar surface area (TPSA) is 102 Å². The molecule has 1 amide bonds. The van der Waals surface area contributed by atoms with E-state index in [0.717, 1.165) is 11.0 Å². The van der Waals surface area contributed by atoms with Gasteiger partial charge in [0.15, 0.2) is 11.8 Å². The van der Waals surface area contributed by atoms with Crippen LogP contribution in [0.4, 0.5) is 0 Å². The van der Waals surface area contributed by atoms with Crippen molar-refractivity contribution < 1.29 is 24.9 Å². The van der Waals surface area contributed by atoms with Crippen LogP contribution in [0.3, 0.4) is 0 Å². The zero-order valence-corrected chi connectivity index (χ0v) is 11.9. The molecule has 2 rings (SSSR count). The van der Waals surface area contributed by atoms with Gasteiger partial charge in [-0.1, -0.05) is 28.5 Å². The Kier molecular flexibility index (Phi) is 4.03. The number of halogens is 1. The van der Waals surface area contributed by atoms with Crippen molar-refractivity contribution in [1.29, 1.82) is 0 Å². The first-order valence-electron chi connectivity index (χ1n) is 5.48. The van der Waals surface area contributed by atoms with Gasteiger partial charge < -0.3 is 30.3 Å². The maximum Gasteiger partial charge on any atom is 0.248 e. The number of hydrogen-bond donors (Lipinski definition) is 4. The van der Waals surface area contributed by atoms with Gasteiger partial charge in [0.2, 0.25) is 12.3 Å². The smallest absolute Gasteiger partial charge is 0.248 e. The maximum absolute atomic E-state index is 11.1. The first kappa shape index (κ1) is 14.5. The number of aliphatic hydroxyl groups is 3. The quantitative estimate of drug-likeness (QED) is 0.254. The third-order valence-corrected chi connectivity index (χ3v) is 3.96. The van der Waals surface area contributed by atoms with E-state index in [1.807, 2.05) is 22.6 Å². The lowest BCUT2D eigenvalue weighted by molar-refractivity contribution is -0.161. The average molecular weight is 380 g/mol. The molecule has 0 spiro atoms. The molecule has 2 unspecified atom stereocenters.